The van der Waals surface area contributed by atoms with Crippen LogP contribution in [0.1, 0.15) is 0 Å². The number of nitrogens with one attached hydrogen (secondary N) is 1. The highest BCUT2D eigenvalue weighted by atomic mass is 32.2. The number of alkyl halides is 2. The van der Waals surface area contributed by atoms with Crippen molar-refractivity contribution in [2.75, 3.05) is 12.3 Å². The molecule has 4 nitrogen and oxygen atoms in total. The molecule has 1 rings (SSSR count). The van der Waals surface area contributed by atoms with Gasteiger partial charge >= 0.3 is 0 Å². The quantitative estimate of drug-likeness (QED) is 0.786. The molecule has 0 heterocycles. The minimum absolute atomic E-state index is 0.332. The lowest BCUT2D eigenvalue weighted by atomic mass is 10.3. The van der Waals surface area contributed by atoms with Crippen molar-refractivity contribution in [2.24, 2.45) is 0 Å². The molecule has 8 heteroatoms. The summed E-state index contributed by atoms with van der Waals surface area (Å²) in [6.07, 6.45) is -2.86. The van der Waals surface area contributed by atoms with Crippen molar-refractivity contribution in [3.05, 3.63) is 24.0 Å². The molecule has 0 saturated carbocycles. The third kappa shape index (κ3) is 2.86. The zero-order valence-corrected chi connectivity index (χ0v) is 8.77. The van der Waals surface area contributed by atoms with E-state index in [1.807, 2.05) is 0 Å². The van der Waals surface area contributed by atoms with E-state index in [2.05, 4.69) is 0 Å². The Morgan fingerprint density at radius 2 is 2.00 bits per heavy atom. The SMILES string of the molecule is Nc1cccc(F)c1S(=O)(=O)NCC(F)F. The van der Waals surface area contributed by atoms with Gasteiger partial charge in [0.05, 0.1) is 12.2 Å². The van der Waals surface area contributed by atoms with Gasteiger partial charge < -0.3 is 5.73 Å². The van der Waals surface area contributed by atoms with E-state index in [0.717, 1.165) is 6.07 Å². The van der Waals surface area contributed by atoms with Gasteiger partial charge in [-0.1, -0.05) is 6.07 Å². The summed E-state index contributed by atoms with van der Waals surface area (Å²) in [6, 6.07) is 3.27. The van der Waals surface area contributed by atoms with Crippen molar-refractivity contribution in [3.8, 4) is 0 Å². The van der Waals surface area contributed by atoms with Gasteiger partial charge in [-0.25, -0.2) is 26.3 Å². The van der Waals surface area contributed by atoms with Crippen LogP contribution >= 0.6 is 0 Å². The maximum atomic E-state index is 13.2. The molecule has 0 unspecified atom stereocenters. The van der Waals surface area contributed by atoms with Gasteiger partial charge in [0, 0.05) is 0 Å². The van der Waals surface area contributed by atoms with Gasteiger partial charge in [-0.05, 0) is 12.1 Å². The molecule has 0 saturated heterocycles. The Hall–Kier alpha value is -1.28. The Morgan fingerprint density at radius 3 is 2.50 bits per heavy atom. The molecule has 0 amide bonds. The van der Waals surface area contributed by atoms with E-state index in [-0.39, 0.29) is 5.69 Å². The first-order valence-corrected chi connectivity index (χ1v) is 5.64. The van der Waals surface area contributed by atoms with Gasteiger partial charge in [-0.15, -0.1) is 0 Å². The van der Waals surface area contributed by atoms with Gasteiger partial charge in [0.25, 0.3) is 6.43 Å². The standard InChI is InChI=1S/C8H9F3N2O2S/c9-5-2-1-3-6(12)8(5)16(14,15)13-4-7(10)11/h1-3,7,13H,4,12H2. The van der Waals surface area contributed by atoms with Crippen LogP contribution in [-0.2, 0) is 10.0 Å². The molecule has 0 fully saturated rings. The topological polar surface area (TPSA) is 72.2 Å². The second-order valence-corrected chi connectivity index (χ2v) is 4.60. The second kappa shape index (κ2) is 4.71. The molecule has 0 aliphatic heterocycles. The van der Waals surface area contributed by atoms with E-state index in [1.54, 1.807) is 4.72 Å². The van der Waals surface area contributed by atoms with Gasteiger partial charge in [0.15, 0.2) is 0 Å². The molecule has 0 radical (unpaired) electrons. The number of halogens is 3. The van der Waals surface area contributed by atoms with Crippen LogP contribution in [0.3, 0.4) is 0 Å². The second-order valence-electron chi connectivity index (χ2n) is 2.90. The Balaban J connectivity index is 3.08. The lowest BCUT2D eigenvalue weighted by Gasteiger charge is -2.09. The van der Waals surface area contributed by atoms with Gasteiger partial charge in [0.2, 0.25) is 10.0 Å². The summed E-state index contributed by atoms with van der Waals surface area (Å²) < 4.78 is 61.2. The molecule has 3 N–H and O–H groups in total. The largest absolute Gasteiger partial charge is 0.398 e. The number of hydrogen-bond acceptors (Lipinski definition) is 3. The van der Waals surface area contributed by atoms with Gasteiger partial charge in [-0.2, -0.15) is 0 Å². The summed E-state index contributed by atoms with van der Waals surface area (Å²) in [5.74, 6) is -1.08. The van der Waals surface area contributed by atoms with Gasteiger partial charge in [0.1, 0.15) is 10.7 Å². The number of benzene rings is 1. The van der Waals surface area contributed by atoms with Crippen LogP contribution in [-0.4, -0.2) is 21.4 Å². The highest BCUT2D eigenvalue weighted by Gasteiger charge is 2.22. The molecule has 90 valence electrons. The van der Waals surface area contributed by atoms with E-state index in [4.69, 9.17) is 5.73 Å². The van der Waals surface area contributed by atoms with Crippen molar-refractivity contribution in [3.63, 3.8) is 0 Å². The molecule has 0 aromatic heterocycles. The maximum absolute atomic E-state index is 13.2. The number of nitrogens with two attached hydrogens (primary N) is 1. The van der Waals surface area contributed by atoms with Crippen molar-refractivity contribution < 1.29 is 21.6 Å². The van der Waals surface area contributed by atoms with Crippen LogP contribution < -0.4 is 10.5 Å². The number of hydrogen-bond donors (Lipinski definition) is 2. The highest BCUT2D eigenvalue weighted by molar-refractivity contribution is 7.89. The van der Waals surface area contributed by atoms with Crippen molar-refractivity contribution in [1.82, 2.24) is 4.72 Å². The Morgan fingerprint density at radius 1 is 1.38 bits per heavy atom. The molecule has 1 aromatic rings. The van der Waals surface area contributed by atoms with Gasteiger partial charge in [-0.3, -0.25) is 0 Å². The summed E-state index contributed by atoms with van der Waals surface area (Å²) >= 11 is 0. The van der Waals surface area contributed by atoms with Crippen molar-refractivity contribution >= 4 is 15.7 Å². The minimum Gasteiger partial charge on any atom is -0.398 e. The Bertz CT molecular complexity index is 456. The van der Waals surface area contributed by atoms with Crippen LogP contribution in [0.15, 0.2) is 23.1 Å². The minimum atomic E-state index is -4.35. The first-order chi connectivity index (χ1) is 7.34. The van der Waals surface area contributed by atoms with Crippen molar-refractivity contribution in [2.45, 2.75) is 11.3 Å². The van der Waals surface area contributed by atoms with Crippen LogP contribution in [0, 0.1) is 5.82 Å². The average Bonchev–Trinajstić information content (AvgIpc) is 2.14. The maximum Gasteiger partial charge on any atom is 0.251 e. The molecular weight excluding hydrogens is 245 g/mol. The summed E-state index contributed by atoms with van der Waals surface area (Å²) in [5, 5.41) is 0. The fraction of sp³-hybridized carbons (Fsp3) is 0.250. The third-order valence-electron chi connectivity index (χ3n) is 1.69. The zero-order chi connectivity index (χ0) is 12.3. The first kappa shape index (κ1) is 12.8. The molecule has 0 atom stereocenters. The number of rotatable bonds is 4. The van der Waals surface area contributed by atoms with E-state index in [0.29, 0.717) is 0 Å². The summed E-state index contributed by atoms with van der Waals surface area (Å²) in [7, 11) is -4.35. The van der Waals surface area contributed by atoms with Crippen LogP contribution in [0.25, 0.3) is 0 Å². The molecule has 0 aliphatic carbocycles. The fourth-order valence-corrected chi connectivity index (χ4v) is 2.25. The first-order valence-electron chi connectivity index (χ1n) is 4.16. The summed E-state index contributed by atoms with van der Waals surface area (Å²) in [6.45, 7) is -1.09. The smallest absolute Gasteiger partial charge is 0.251 e. The van der Waals surface area contributed by atoms with E-state index >= 15 is 0 Å². The molecule has 1 aromatic carbocycles. The molecular formula is C8H9F3N2O2S. The Labute approximate surface area is 90.3 Å². The number of nitrogen functional groups attached to an aromatic ring is 1. The summed E-state index contributed by atoms with van der Waals surface area (Å²) in [5.41, 5.74) is 4.94. The van der Waals surface area contributed by atoms with Crippen molar-refractivity contribution in [1.29, 1.82) is 0 Å². The van der Waals surface area contributed by atoms with E-state index < -0.39 is 33.7 Å². The fourth-order valence-electron chi connectivity index (χ4n) is 1.05. The zero-order valence-electron chi connectivity index (χ0n) is 7.95. The van der Waals surface area contributed by atoms with E-state index in [1.165, 1.54) is 12.1 Å². The van der Waals surface area contributed by atoms with Crippen LogP contribution in [0.5, 0.6) is 0 Å². The predicted octanol–water partition coefficient (Wildman–Crippen LogP) is 0.951. The molecule has 16 heavy (non-hydrogen) atoms. The van der Waals surface area contributed by atoms with Crippen LogP contribution in [0.4, 0.5) is 18.9 Å². The molecule has 0 aliphatic rings. The lowest BCUT2D eigenvalue weighted by Crippen LogP contribution is -2.29. The molecule has 0 bridgehead atoms. The normalized spacial score (nSPS) is 12.0. The monoisotopic (exact) mass is 254 g/mol. The van der Waals surface area contributed by atoms with Crippen LogP contribution in [0.2, 0.25) is 0 Å². The average molecular weight is 254 g/mol. The van der Waals surface area contributed by atoms with E-state index in [9.17, 15) is 21.6 Å². The molecule has 0 spiro atoms. The third-order valence-corrected chi connectivity index (χ3v) is 3.21. The number of sulfonamides is 1. The number of anilines is 1. The Kier molecular flexibility index (Phi) is 3.76. The predicted molar refractivity (Wildman–Crippen MR) is 52.0 cm³/mol. The lowest BCUT2D eigenvalue weighted by molar-refractivity contribution is 0.153. The highest BCUT2D eigenvalue weighted by Crippen LogP contribution is 2.21. The summed E-state index contributed by atoms with van der Waals surface area (Å²) in [4.78, 5) is -0.810.